The minimum absolute atomic E-state index is 0.119. The molecule has 0 spiro atoms. The van der Waals surface area contributed by atoms with Gasteiger partial charge in [0.15, 0.2) is 0 Å². The molecule has 0 aliphatic rings. The summed E-state index contributed by atoms with van der Waals surface area (Å²) >= 11 is 5.55. The second kappa shape index (κ2) is 4.96. The van der Waals surface area contributed by atoms with Crippen molar-refractivity contribution in [2.75, 3.05) is 26.1 Å². The second-order valence-electron chi connectivity index (χ2n) is 3.43. The Morgan fingerprint density at radius 1 is 1.45 bits per heavy atom. The number of nitrogens with zero attached hydrogens (tertiary/aromatic N) is 1. The molecular formula is C8H18ClNO. The smallest absolute Gasteiger partial charge is 0.0609 e. The minimum Gasteiger partial charge on any atom is -0.394 e. The van der Waals surface area contributed by atoms with Gasteiger partial charge in [-0.25, -0.2) is 0 Å². The summed E-state index contributed by atoms with van der Waals surface area (Å²) in [5.74, 6) is 0.686. The van der Waals surface area contributed by atoms with Crippen LogP contribution in [-0.4, -0.2) is 41.6 Å². The zero-order valence-electron chi connectivity index (χ0n) is 7.60. The van der Waals surface area contributed by atoms with Gasteiger partial charge in [-0.1, -0.05) is 0 Å². The molecule has 0 rings (SSSR count). The van der Waals surface area contributed by atoms with Crippen LogP contribution >= 0.6 is 11.6 Å². The standard InChI is InChI=1S/C8H18ClNO/c1-8(2,7-11)10(3)6-4-5-9/h11H,4-7H2,1-3H3. The Bertz CT molecular complexity index is 106. The third-order valence-electron chi connectivity index (χ3n) is 2.05. The summed E-state index contributed by atoms with van der Waals surface area (Å²) in [5.41, 5.74) is -0.119. The highest BCUT2D eigenvalue weighted by Gasteiger charge is 2.21. The van der Waals surface area contributed by atoms with E-state index in [4.69, 9.17) is 16.7 Å². The van der Waals surface area contributed by atoms with Crippen molar-refractivity contribution in [1.82, 2.24) is 4.90 Å². The summed E-state index contributed by atoms with van der Waals surface area (Å²) in [6.45, 7) is 5.16. The van der Waals surface area contributed by atoms with E-state index in [0.717, 1.165) is 13.0 Å². The molecule has 0 aromatic heterocycles. The van der Waals surface area contributed by atoms with Gasteiger partial charge in [-0.15, -0.1) is 11.6 Å². The summed E-state index contributed by atoms with van der Waals surface area (Å²) < 4.78 is 0. The third kappa shape index (κ3) is 3.94. The van der Waals surface area contributed by atoms with Gasteiger partial charge in [0.05, 0.1) is 6.61 Å². The fourth-order valence-corrected chi connectivity index (χ4v) is 0.840. The Kier molecular flexibility index (Phi) is 5.06. The van der Waals surface area contributed by atoms with E-state index in [-0.39, 0.29) is 12.1 Å². The monoisotopic (exact) mass is 179 g/mol. The maximum Gasteiger partial charge on any atom is 0.0609 e. The molecule has 0 fully saturated rings. The lowest BCUT2D eigenvalue weighted by Gasteiger charge is -2.33. The SMILES string of the molecule is CN(CCCCl)C(C)(C)CO. The molecule has 3 heteroatoms. The molecule has 0 atom stereocenters. The summed E-state index contributed by atoms with van der Waals surface area (Å²) in [4.78, 5) is 2.12. The molecule has 0 saturated carbocycles. The first-order valence-electron chi connectivity index (χ1n) is 3.92. The molecule has 0 saturated heterocycles. The zero-order valence-corrected chi connectivity index (χ0v) is 8.36. The lowest BCUT2D eigenvalue weighted by Crippen LogP contribution is -2.44. The van der Waals surface area contributed by atoms with Crippen LogP contribution in [0.3, 0.4) is 0 Å². The maximum atomic E-state index is 8.99. The molecular weight excluding hydrogens is 162 g/mol. The molecule has 1 N–H and O–H groups in total. The number of alkyl halides is 1. The zero-order chi connectivity index (χ0) is 8.91. The summed E-state index contributed by atoms with van der Waals surface area (Å²) in [5, 5.41) is 8.99. The Morgan fingerprint density at radius 3 is 2.36 bits per heavy atom. The first kappa shape index (κ1) is 11.2. The number of hydrogen-bond donors (Lipinski definition) is 1. The van der Waals surface area contributed by atoms with E-state index in [9.17, 15) is 0 Å². The quantitative estimate of drug-likeness (QED) is 0.644. The van der Waals surface area contributed by atoms with Crippen molar-refractivity contribution >= 4 is 11.6 Å². The Labute approximate surface area is 74.2 Å². The molecule has 0 aromatic carbocycles. The fraction of sp³-hybridized carbons (Fsp3) is 1.00. The van der Waals surface area contributed by atoms with Gasteiger partial charge < -0.3 is 5.11 Å². The molecule has 11 heavy (non-hydrogen) atoms. The highest BCUT2D eigenvalue weighted by Crippen LogP contribution is 2.10. The highest BCUT2D eigenvalue weighted by molar-refractivity contribution is 6.17. The molecule has 0 aliphatic heterocycles. The van der Waals surface area contributed by atoms with Crippen LogP contribution in [0.4, 0.5) is 0 Å². The number of aliphatic hydroxyl groups excluding tert-OH is 1. The van der Waals surface area contributed by atoms with Crippen LogP contribution < -0.4 is 0 Å². The number of likely N-dealkylation sites (N-methyl/N-ethyl adjacent to an activating group) is 1. The van der Waals surface area contributed by atoms with Crippen molar-refractivity contribution in [1.29, 1.82) is 0 Å². The van der Waals surface area contributed by atoms with Crippen molar-refractivity contribution in [3.05, 3.63) is 0 Å². The topological polar surface area (TPSA) is 23.5 Å². The molecule has 68 valence electrons. The number of halogens is 1. The van der Waals surface area contributed by atoms with E-state index < -0.39 is 0 Å². The van der Waals surface area contributed by atoms with E-state index in [2.05, 4.69) is 4.90 Å². The first-order chi connectivity index (χ1) is 5.04. The maximum absolute atomic E-state index is 8.99. The van der Waals surface area contributed by atoms with Crippen LogP contribution in [0.5, 0.6) is 0 Å². The molecule has 0 aliphatic carbocycles. The van der Waals surface area contributed by atoms with Crippen LogP contribution in [-0.2, 0) is 0 Å². The van der Waals surface area contributed by atoms with E-state index >= 15 is 0 Å². The van der Waals surface area contributed by atoms with E-state index in [1.807, 2.05) is 20.9 Å². The van der Waals surface area contributed by atoms with Crippen molar-refractivity contribution in [3.8, 4) is 0 Å². The molecule has 0 bridgehead atoms. The van der Waals surface area contributed by atoms with Gasteiger partial charge in [0.1, 0.15) is 0 Å². The third-order valence-corrected chi connectivity index (χ3v) is 2.31. The number of hydrogen-bond acceptors (Lipinski definition) is 2. The average Bonchev–Trinajstić information content (AvgIpc) is 2.00. The Balaban J connectivity index is 3.71. The minimum atomic E-state index is -0.119. The normalized spacial score (nSPS) is 12.5. The number of aliphatic hydroxyl groups is 1. The van der Waals surface area contributed by atoms with E-state index in [1.54, 1.807) is 0 Å². The van der Waals surface area contributed by atoms with Crippen molar-refractivity contribution in [2.24, 2.45) is 0 Å². The molecule has 2 nitrogen and oxygen atoms in total. The predicted octanol–water partition coefficient (Wildman–Crippen LogP) is 1.32. The van der Waals surface area contributed by atoms with E-state index in [0.29, 0.717) is 5.88 Å². The largest absolute Gasteiger partial charge is 0.394 e. The van der Waals surface area contributed by atoms with E-state index in [1.165, 1.54) is 0 Å². The molecule has 0 unspecified atom stereocenters. The Morgan fingerprint density at radius 2 is 2.00 bits per heavy atom. The van der Waals surface area contributed by atoms with Crippen LogP contribution in [0.1, 0.15) is 20.3 Å². The predicted molar refractivity (Wildman–Crippen MR) is 49.1 cm³/mol. The highest BCUT2D eigenvalue weighted by atomic mass is 35.5. The summed E-state index contributed by atoms with van der Waals surface area (Å²) in [7, 11) is 2.00. The van der Waals surface area contributed by atoms with Gasteiger partial charge in [0, 0.05) is 11.4 Å². The Hall–Kier alpha value is 0.210. The molecule has 0 amide bonds. The van der Waals surface area contributed by atoms with Crippen molar-refractivity contribution in [3.63, 3.8) is 0 Å². The summed E-state index contributed by atoms with van der Waals surface area (Å²) in [6, 6.07) is 0. The van der Waals surface area contributed by atoms with Gasteiger partial charge in [-0.2, -0.15) is 0 Å². The van der Waals surface area contributed by atoms with Crippen molar-refractivity contribution < 1.29 is 5.11 Å². The van der Waals surface area contributed by atoms with Gasteiger partial charge in [-0.3, -0.25) is 4.90 Å². The lowest BCUT2D eigenvalue weighted by atomic mass is 10.1. The molecule has 0 heterocycles. The van der Waals surface area contributed by atoms with Gasteiger partial charge in [-0.05, 0) is 33.9 Å². The second-order valence-corrected chi connectivity index (χ2v) is 3.81. The molecule has 0 aromatic rings. The van der Waals surface area contributed by atoms with Crippen LogP contribution in [0, 0.1) is 0 Å². The van der Waals surface area contributed by atoms with Crippen LogP contribution in [0.15, 0.2) is 0 Å². The van der Waals surface area contributed by atoms with Gasteiger partial charge in [0.2, 0.25) is 0 Å². The summed E-state index contributed by atoms with van der Waals surface area (Å²) in [6.07, 6.45) is 0.974. The average molecular weight is 180 g/mol. The van der Waals surface area contributed by atoms with Gasteiger partial charge in [0.25, 0.3) is 0 Å². The van der Waals surface area contributed by atoms with Crippen molar-refractivity contribution in [2.45, 2.75) is 25.8 Å². The van der Waals surface area contributed by atoms with Crippen LogP contribution in [0.2, 0.25) is 0 Å². The fourth-order valence-electron chi connectivity index (χ4n) is 0.720. The first-order valence-corrected chi connectivity index (χ1v) is 4.46. The van der Waals surface area contributed by atoms with Crippen LogP contribution in [0.25, 0.3) is 0 Å². The van der Waals surface area contributed by atoms with Gasteiger partial charge >= 0.3 is 0 Å². The lowest BCUT2D eigenvalue weighted by molar-refractivity contribution is 0.0794. The molecule has 0 radical (unpaired) electrons. The number of rotatable bonds is 5.